The lowest BCUT2D eigenvalue weighted by Crippen LogP contribution is -2.23. The zero-order chi connectivity index (χ0) is 19.6. The Bertz CT molecular complexity index is 954. The minimum atomic E-state index is -0.268. The molecule has 3 aromatic rings. The number of anilines is 1. The second kappa shape index (κ2) is 8.01. The molecule has 4 nitrogen and oxygen atoms in total. The van der Waals surface area contributed by atoms with Crippen LogP contribution < -0.4 is 5.32 Å². The van der Waals surface area contributed by atoms with Gasteiger partial charge in [0.1, 0.15) is 0 Å². The van der Waals surface area contributed by atoms with E-state index in [1.165, 1.54) is 22.9 Å². The number of nitrogens with one attached hydrogen (secondary N) is 1. The first kappa shape index (κ1) is 19.2. The van der Waals surface area contributed by atoms with E-state index in [0.717, 1.165) is 27.7 Å². The maximum Gasteiger partial charge on any atom is 0.237 e. The molecular weight excluding hydrogens is 354 g/mol. The summed E-state index contributed by atoms with van der Waals surface area (Å²) in [5.74, 6) is -0.0196. The van der Waals surface area contributed by atoms with Crippen molar-refractivity contribution in [2.75, 3.05) is 5.32 Å². The first-order valence-electron chi connectivity index (χ1n) is 9.01. The summed E-state index contributed by atoms with van der Waals surface area (Å²) in [5.41, 5.74) is 6.50. The van der Waals surface area contributed by atoms with Crippen molar-refractivity contribution in [3.8, 4) is 5.69 Å². The minimum absolute atomic E-state index is 0.0196. The van der Waals surface area contributed by atoms with Gasteiger partial charge in [-0.2, -0.15) is 0 Å². The third kappa shape index (κ3) is 4.42. The molecule has 0 fully saturated rings. The predicted molar refractivity (Wildman–Crippen MR) is 113 cm³/mol. The molecular formula is C22H25N3OS. The van der Waals surface area contributed by atoms with Gasteiger partial charge in [0.25, 0.3) is 0 Å². The summed E-state index contributed by atoms with van der Waals surface area (Å²) in [4.78, 5) is 17.2. The minimum Gasteiger partial charge on any atom is -0.325 e. The lowest BCUT2D eigenvalue weighted by molar-refractivity contribution is -0.115. The van der Waals surface area contributed by atoms with Crippen molar-refractivity contribution in [2.45, 2.75) is 45.0 Å². The summed E-state index contributed by atoms with van der Waals surface area (Å²) in [7, 11) is 0. The molecule has 0 saturated heterocycles. The third-order valence-electron chi connectivity index (χ3n) is 4.46. The van der Waals surface area contributed by atoms with Crippen molar-refractivity contribution in [2.24, 2.45) is 0 Å². The van der Waals surface area contributed by atoms with Gasteiger partial charge in [-0.05, 0) is 63.4 Å². The number of hydrogen-bond donors (Lipinski definition) is 1. The van der Waals surface area contributed by atoms with E-state index in [-0.39, 0.29) is 11.2 Å². The number of hydrogen-bond acceptors (Lipinski definition) is 3. The summed E-state index contributed by atoms with van der Waals surface area (Å²) in [6.07, 6.45) is 3.69. The third-order valence-corrected chi connectivity index (χ3v) is 5.54. The zero-order valence-corrected chi connectivity index (χ0v) is 17.2. The van der Waals surface area contributed by atoms with Crippen molar-refractivity contribution in [3.63, 3.8) is 0 Å². The molecule has 0 aliphatic carbocycles. The van der Waals surface area contributed by atoms with Crippen LogP contribution in [-0.2, 0) is 4.79 Å². The fourth-order valence-corrected chi connectivity index (χ4v) is 4.05. The average molecular weight is 380 g/mol. The van der Waals surface area contributed by atoms with Crippen molar-refractivity contribution in [1.29, 1.82) is 0 Å². The molecule has 5 heteroatoms. The van der Waals surface area contributed by atoms with Gasteiger partial charge in [0.05, 0.1) is 5.25 Å². The quantitative estimate of drug-likeness (QED) is 0.618. The fraction of sp³-hybridized carbons (Fsp3) is 0.273. The molecule has 0 unspecified atom stereocenters. The smallest absolute Gasteiger partial charge is 0.237 e. The Labute approximate surface area is 165 Å². The number of aryl methyl sites for hydroxylation is 4. The molecule has 1 heterocycles. The van der Waals surface area contributed by atoms with Gasteiger partial charge in [0.2, 0.25) is 5.91 Å². The average Bonchev–Trinajstić information content (AvgIpc) is 3.06. The van der Waals surface area contributed by atoms with Crippen molar-refractivity contribution in [3.05, 3.63) is 71.0 Å². The molecule has 1 atom stereocenters. The molecule has 1 N–H and O–H groups in total. The highest BCUT2D eigenvalue weighted by atomic mass is 32.2. The van der Waals surface area contributed by atoms with E-state index < -0.39 is 0 Å². The molecule has 140 valence electrons. The molecule has 0 bridgehead atoms. The zero-order valence-electron chi connectivity index (χ0n) is 16.4. The second-order valence-electron chi connectivity index (χ2n) is 6.94. The highest BCUT2D eigenvalue weighted by Crippen LogP contribution is 2.27. The molecule has 1 aromatic heterocycles. The van der Waals surface area contributed by atoms with Crippen LogP contribution in [0.15, 0.2) is 53.9 Å². The van der Waals surface area contributed by atoms with Gasteiger partial charge in [0, 0.05) is 23.8 Å². The molecule has 0 aliphatic rings. The van der Waals surface area contributed by atoms with Gasteiger partial charge in [-0.25, -0.2) is 4.98 Å². The fourth-order valence-electron chi connectivity index (χ4n) is 3.16. The normalized spacial score (nSPS) is 12.0. The van der Waals surface area contributed by atoms with Crippen LogP contribution in [0.3, 0.4) is 0 Å². The SMILES string of the molecule is Cc1cccc(-n2ccnc2S[C@@H](C)C(=O)Nc2c(C)cc(C)cc2C)c1. The van der Waals surface area contributed by atoms with E-state index in [9.17, 15) is 4.79 Å². The van der Waals surface area contributed by atoms with Crippen LogP contribution in [0.5, 0.6) is 0 Å². The molecule has 0 aliphatic heterocycles. The molecule has 2 aromatic carbocycles. The monoisotopic (exact) mass is 379 g/mol. The number of aromatic nitrogens is 2. The van der Waals surface area contributed by atoms with Gasteiger partial charge < -0.3 is 5.32 Å². The number of benzene rings is 2. The van der Waals surface area contributed by atoms with E-state index >= 15 is 0 Å². The Hall–Kier alpha value is -2.53. The Morgan fingerprint density at radius 1 is 1.07 bits per heavy atom. The van der Waals surface area contributed by atoms with Gasteiger partial charge in [0.15, 0.2) is 5.16 Å². The number of thioether (sulfide) groups is 1. The van der Waals surface area contributed by atoms with Gasteiger partial charge in [-0.1, -0.05) is 41.6 Å². The highest BCUT2D eigenvalue weighted by Gasteiger charge is 2.19. The number of imidazole rings is 1. The van der Waals surface area contributed by atoms with Crippen molar-refractivity contribution in [1.82, 2.24) is 9.55 Å². The Balaban J connectivity index is 1.76. The Kier molecular flexibility index (Phi) is 5.71. The van der Waals surface area contributed by atoms with Crippen molar-refractivity contribution < 1.29 is 4.79 Å². The van der Waals surface area contributed by atoms with Gasteiger partial charge in [-0.3, -0.25) is 9.36 Å². The van der Waals surface area contributed by atoms with E-state index in [0.29, 0.717) is 0 Å². The summed E-state index contributed by atoms with van der Waals surface area (Å²) < 4.78 is 2.02. The van der Waals surface area contributed by atoms with Crippen LogP contribution in [0.1, 0.15) is 29.2 Å². The molecule has 3 rings (SSSR count). The molecule has 0 radical (unpaired) electrons. The van der Waals surface area contributed by atoms with Crippen LogP contribution in [0.4, 0.5) is 5.69 Å². The van der Waals surface area contributed by atoms with Crippen LogP contribution in [0.2, 0.25) is 0 Å². The standard InChI is InChI=1S/C22H25N3OS/c1-14-7-6-8-19(13-14)25-10-9-23-22(25)27-18(5)21(26)24-20-16(3)11-15(2)12-17(20)4/h6-13,18H,1-5H3,(H,24,26)/t18-/m0/s1. The van der Waals surface area contributed by atoms with Crippen LogP contribution in [0, 0.1) is 27.7 Å². The van der Waals surface area contributed by atoms with Crippen LogP contribution >= 0.6 is 11.8 Å². The maximum absolute atomic E-state index is 12.8. The first-order valence-corrected chi connectivity index (χ1v) is 9.89. The topological polar surface area (TPSA) is 46.9 Å². The second-order valence-corrected chi connectivity index (χ2v) is 8.25. The van der Waals surface area contributed by atoms with E-state index in [4.69, 9.17) is 0 Å². The largest absolute Gasteiger partial charge is 0.325 e. The lowest BCUT2D eigenvalue weighted by Gasteiger charge is -2.16. The predicted octanol–water partition coefficient (Wildman–Crippen LogP) is 5.23. The highest BCUT2D eigenvalue weighted by molar-refractivity contribution is 8.00. The number of carbonyl (C=O) groups is 1. The van der Waals surface area contributed by atoms with Crippen LogP contribution in [0.25, 0.3) is 5.69 Å². The Morgan fingerprint density at radius 3 is 2.44 bits per heavy atom. The summed E-state index contributed by atoms with van der Waals surface area (Å²) in [6, 6.07) is 12.4. The molecule has 0 spiro atoms. The van der Waals surface area contributed by atoms with Gasteiger partial charge >= 0.3 is 0 Å². The molecule has 0 saturated carbocycles. The summed E-state index contributed by atoms with van der Waals surface area (Å²) in [5, 5.41) is 3.63. The molecule has 1 amide bonds. The van der Waals surface area contributed by atoms with Crippen LogP contribution in [-0.4, -0.2) is 20.7 Å². The van der Waals surface area contributed by atoms with E-state index in [1.54, 1.807) is 6.20 Å². The van der Waals surface area contributed by atoms with Gasteiger partial charge in [-0.15, -0.1) is 0 Å². The maximum atomic E-state index is 12.8. The van der Waals surface area contributed by atoms with Crippen molar-refractivity contribution >= 4 is 23.4 Å². The molecule has 27 heavy (non-hydrogen) atoms. The number of carbonyl (C=O) groups excluding carboxylic acids is 1. The summed E-state index contributed by atoms with van der Waals surface area (Å²) >= 11 is 1.46. The first-order chi connectivity index (χ1) is 12.8. The lowest BCUT2D eigenvalue weighted by atomic mass is 10.1. The number of rotatable bonds is 5. The van der Waals surface area contributed by atoms with E-state index in [2.05, 4.69) is 48.4 Å². The Morgan fingerprint density at radius 2 is 1.78 bits per heavy atom. The number of nitrogens with zero attached hydrogens (tertiary/aromatic N) is 2. The number of amides is 1. The van der Waals surface area contributed by atoms with E-state index in [1.807, 2.05) is 43.7 Å². The summed E-state index contributed by atoms with van der Waals surface area (Å²) in [6.45, 7) is 10.1.